The van der Waals surface area contributed by atoms with Gasteiger partial charge in [-0.1, -0.05) is 82.3 Å². The monoisotopic (exact) mass is 788 g/mol. The second-order valence-electron chi connectivity index (χ2n) is 16.0. The Morgan fingerprint density at radius 3 is 1.90 bits per heavy atom. The number of nitrogens with zero attached hydrogens (tertiary/aromatic N) is 5. The zero-order chi connectivity index (χ0) is 41.2. The van der Waals surface area contributed by atoms with Gasteiger partial charge in [-0.2, -0.15) is 0 Å². The molecule has 0 saturated carbocycles. The third kappa shape index (κ3) is 8.00. The number of carbonyl (C=O) groups is 4. The Morgan fingerprint density at radius 2 is 1.33 bits per heavy atom. The topological polar surface area (TPSA) is 177 Å². The van der Waals surface area contributed by atoms with Crippen molar-refractivity contribution in [2.75, 3.05) is 27.2 Å². The number of rotatable bonds is 11. The van der Waals surface area contributed by atoms with Crippen molar-refractivity contribution < 1.29 is 29.0 Å². The average Bonchev–Trinajstić information content (AvgIpc) is 4.05. The van der Waals surface area contributed by atoms with Crippen molar-refractivity contribution in [2.24, 2.45) is 11.8 Å². The van der Waals surface area contributed by atoms with Gasteiger partial charge in [0.2, 0.25) is 11.8 Å². The van der Waals surface area contributed by atoms with Gasteiger partial charge in [0.05, 0.1) is 35.9 Å². The highest BCUT2D eigenvalue weighted by Crippen LogP contribution is 2.36. The second kappa shape index (κ2) is 16.7. The fourth-order valence-electron chi connectivity index (χ4n) is 8.40. The Morgan fingerprint density at radius 1 is 0.776 bits per heavy atom. The predicted octanol–water partition coefficient (Wildman–Crippen LogP) is 7.63. The van der Waals surface area contributed by atoms with Crippen LogP contribution in [0.2, 0.25) is 0 Å². The van der Waals surface area contributed by atoms with Gasteiger partial charge in [-0.25, -0.2) is 19.6 Å². The van der Waals surface area contributed by atoms with E-state index in [-0.39, 0.29) is 35.7 Å². The first-order valence-electron chi connectivity index (χ1n) is 20.0. The van der Waals surface area contributed by atoms with Gasteiger partial charge in [0.1, 0.15) is 23.7 Å². The molecule has 2 aliphatic rings. The van der Waals surface area contributed by atoms with Crippen LogP contribution in [-0.2, 0) is 14.3 Å². The van der Waals surface area contributed by atoms with Crippen LogP contribution in [0.3, 0.4) is 0 Å². The number of H-pyrrole nitrogens is 2. The number of imidazole rings is 2. The normalized spacial score (nSPS) is 17.9. The van der Waals surface area contributed by atoms with Gasteiger partial charge >= 0.3 is 12.2 Å². The SMILES string of the molecule is COC(=O)N[C@H](C(=O)N1CCCC1c1nc(-c2ccc(-c3ccc(-c4ccc5[nH]c([C@@H]6CCCN6C(=O)[C@H](C(C)C)N(C)C(=O)O)nc5c4)cc3)cc2)c[nH]1)C(C)C. The Hall–Kier alpha value is -6.18. The van der Waals surface area contributed by atoms with Crippen LogP contribution in [0.4, 0.5) is 9.59 Å². The maximum atomic E-state index is 13.7. The number of nitrogens with one attached hydrogen (secondary N) is 3. The minimum atomic E-state index is -1.12. The van der Waals surface area contributed by atoms with E-state index in [4.69, 9.17) is 14.7 Å². The first kappa shape index (κ1) is 40.0. The molecule has 0 radical (unpaired) electrons. The van der Waals surface area contributed by atoms with Crippen LogP contribution in [0.5, 0.6) is 0 Å². The molecule has 4 amide bonds. The molecular formula is C44H52N8O6. The van der Waals surface area contributed by atoms with E-state index < -0.39 is 24.3 Å². The minimum Gasteiger partial charge on any atom is -0.465 e. The first-order chi connectivity index (χ1) is 27.8. The van der Waals surface area contributed by atoms with Crippen molar-refractivity contribution in [3.63, 3.8) is 0 Å². The van der Waals surface area contributed by atoms with E-state index >= 15 is 0 Å². The number of aromatic nitrogens is 4. The molecule has 5 aromatic rings. The van der Waals surface area contributed by atoms with Crippen molar-refractivity contribution >= 4 is 35.0 Å². The third-order valence-corrected chi connectivity index (χ3v) is 11.5. The van der Waals surface area contributed by atoms with Gasteiger partial charge in [-0.3, -0.25) is 14.5 Å². The smallest absolute Gasteiger partial charge is 0.407 e. The highest BCUT2D eigenvalue weighted by Gasteiger charge is 2.40. The van der Waals surface area contributed by atoms with E-state index in [2.05, 4.69) is 63.8 Å². The van der Waals surface area contributed by atoms with Crippen LogP contribution >= 0.6 is 0 Å². The number of hydrogen-bond donors (Lipinski definition) is 4. The minimum absolute atomic E-state index is 0.106. The molecule has 2 fully saturated rings. The third-order valence-electron chi connectivity index (χ3n) is 11.5. The molecule has 4 heterocycles. The van der Waals surface area contributed by atoms with E-state index in [1.807, 2.05) is 57.0 Å². The summed E-state index contributed by atoms with van der Waals surface area (Å²) in [7, 11) is 2.74. The molecule has 3 aromatic carbocycles. The molecule has 4 N–H and O–H groups in total. The summed E-state index contributed by atoms with van der Waals surface area (Å²) in [5.74, 6) is 0.823. The summed E-state index contributed by atoms with van der Waals surface area (Å²) in [4.78, 5) is 72.2. The average molecular weight is 789 g/mol. The second-order valence-corrected chi connectivity index (χ2v) is 16.0. The van der Waals surface area contributed by atoms with Crippen LogP contribution in [0.25, 0.3) is 44.5 Å². The van der Waals surface area contributed by atoms with Crippen LogP contribution in [-0.4, -0.2) is 103 Å². The summed E-state index contributed by atoms with van der Waals surface area (Å²) in [6.07, 6.45) is 3.33. The number of carbonyl (C=O) groups excluding carboxylic acids is 3. The van der Waals surface area contributed by atoms with E-state index in [0.717, 1.165) is 81.0 Å². The number of likely N-dealkylation sites (N-methyl/N-ethyl adjacent to an activating group) is 1. The van der Waals surface area contributed by atoms with Gasteiger partial charge in [0, 0.05) is 31.9 Å². The molecule has 2 aromatic heterocycles. The number of alkyl carbamates (subject to hydrolysis) is 1. The lowest BCUT2D eigenvalue weighted by atomic mass is 9.99. The molecule has 58 heavy (non-hydrogen) atoms. The molecular weight excluding hydrogens is 737 g/mol. The number of benzene rings is 3. The fourth-order valence-corrected chi connectivity index (χ4v) is 8.40. The molecule has 14 nitrogen and oxygen atoms in total. The van der Waals surface area contributed by atoms with Crippen molar-refractivity contribution in [1.29, 1.82) is 0 Å². The predicted molar refractivity (Wildman–Crippen MR) is 221 cm³/mol. The quantitative estimate of drug-likeness (QED) is 0.106. The van der Waals surface area contributed by atoms with Crippen molar-refractivity contribution in [2.45, 2.75) is 77.5 Å². The molecule has 2 aliphatic heterocycles. The summed E-state index contributed by atoms with van der Waals surface area (Å²) >= 11 is 0. The van der Waals surface area contributed by atoms with Crippen LogP contribution in [0.1, 0.15) is 77.1 Å². The van der Waals surface area contributed by atoms with Gasteiger partial charge in [-0.15, -0.1) is 0 Å². The lowest BCUT2D eigenvalue weighted by Crippen LogP contribution is -2.51. The number of hydrogen-bond acceptors (Lipinski definition) is 7. The number of aromatic amines is 2. The van der Waals surface area contributed by atoms with Gasteiger partial charge in [0.25, 0.3) is 0 Å². The largest absolute Gasteiger partial charge is 0.465 e. The summed E-state index contributed by atoms with van der Waals surface area (Å²) < 4.78 is 4.76. The van der Waals surface area contributed by atoms with Crippen LogP contribution in [0.15, 0.2) is 72.9 Å². The Labute approximate surface area is 338 Å². The standard InChI is InChI=1S/C44H52N8O6/c1-25(2)37(49-43(55)58-6)41(53)51-21-7-9-35(51)39-45-24-34(48-39)30-17-15-28(16-18-30)27-11-13-29(14-12-27)31-19-20-32-33(23-31)47-40(46-32)36-10-8-22-52(36)42(54)38(26(3)4)50(5)44(56)57/h11-20,23-26,35-38H,7-10,21-22H2,1-6H3,(H,45,48)(H,46,47)(H,49,55)(H,56,57)/t35?,36-,37-,38-/m0/s1. The number of fused-ring (bicyclic) bond motifs is 1. The lowest BCUT2D eigenvalue weighted by molar-refractivity contribution is -0.138. The van der Waals surface area contributed by atoms with Crippen LogP contribution in [0, 0.1) is 11.8 Å². The molecule has 0 bridgehead atoms. The lowest BCUT2D eigenvalue weighted by Gasteiger charge is -2.33. The Balaban J connectivity index is 1.02. The molecule has 0 aliphatic carbocycles. The molecule has 304 valence electrons. The molecule has 4 atom stereocenters. The van der Waals surface area contributed by atoms with Crippen molar-refractivity contribution in [3.05, 3.63) is 84.6 Å². The number of ether oxygens (including phenoxy) is 1. The van der Waals surface area contributed by atoms with Gasteiger partial charge in [-0.05, 0) is 71.9 Å². The van der Waals surface area contributed by atoms with Crippen molar-refractivity contribution in [1.82, 2.24) is 40.0 Å². The number of carboxylic acid groups (broad SMARTS) is 1. The molecule has 2 saturated heterocycles. The summed E-state index contributed by atoms with van der Waals surface area (Å²) in [5, 5.41) is 12.3. The fraction of sp³-hybridized carbons (Fsp3) is 0.409. The first-order valence-corrected chi connectivity index (χ1v) is 20.0. The maximum Gasteiger partial charge on any atom is 0.407 e. The summed E-state index contributed by atoms with van der Waals surface area (Å²) in [5.41, 5.74) is 7.63. The van der Waals surface area contributed by atoms with Crippen LogP contribution < -0.4 is 5.32 Å². The van der Waals surface area contributed by atoms with Gasteiger partial charge in [0.15, 0.2) is 0 Å². The van der Waals surface area contributed by atoms with Crippen molar-refractivity contribution in [3.8, 4) is 33.5 Å². The van der Waals surface area contributed by atoms with Gasteiger partial charge < -0.3 is 34.9 Å². The molecule has 7 rings (SSSR count). The highest BCUT2D eigenvalue weighted by atomic mass is 16.5. The van der Waals surface area contributed by atoms with E-state index in [1.165, 1.54) is 14.2 Å². The van der Waals surface area contributed by atoms with E-state index in [0.29, 0.717) is 18.9 Å². The molecule has 14 heteroatoms. The van der Waals surface area contributed by atoms with E-state index in [9.17, 15) is 24.3 Å². The summed E-state index contributed by atoms with van der Waals surface area (Å²) in [6, 6.07) is 20.9. The zero-order valence-electron chi connectivity index (χ0n) is 33.9. The number of amides is 4. The molecule has 0 spiro atoms. The zero-order valence-corrected chi connectivity index (χ0v) is 33.9. The number of likely N-dealkylation sites (tertiary alicyclic amines) is 2. The Kier molecular flexibility index (Phi) is 11.6. The number of methoxy groups -OCH3 is 1. The Bertz CT molecular complexity index is 2280. The maximum absolute atomic E-state index is 13.7. The molecule has 1 unspecified atom stereocenters. The highest BCUT2D eigenvalue weighted by molar-refractivity contribution is 5.88. The van der Waals surface area contributed by atoms with E-state index in [1.54, 1.807) is 4.90 Å². The summed E-state index contributed by atoms with van der Waals surface area (Å²) in [6.45, 7) is 8.69.